The molecule has 0 aliphatic carbocycles. The second-order valence-corrected chi connectivity index (χ2v) is 4.86. The summed E-state index contributed by atoms with van der Waals surface area (Å²) >= 11 is 0. The number of carbonyl (C=O) groups is 1. The topological polar surface area (TPSA) is 42.4 Å². The van der Waals surface area contributed by atoms with Crippen molar-refractivity contribution < 1.29 is 9.53 Å². The Morgan fingerprint density at radius 3 is 2.94 bits per heavy atom. The highest BCUT2D eigenvalue weighted by Crippen LogP contribution is 2.24. The molecule has 1 aromatic heterocycles. The normalized spacial score (nSPS) is 23.7. The van der Waals surface area contributed by atoms with Crippen molar-refractivity contribution in [3.63, 3.8) is 0 Å². The summed E-state index contributed by atoms with van der Waals surface area (Å²) < 4.78 is 5.55. The van der Waals surface area contributed by atoms with Crippen LogP contribution in [0.3, 0.4) is 0 Å². The van der Waals surface area contributed by atoms with Gasteiger partial charge in [0.05, 0.1) is 12.0 Å². The highest BCUT2D eigenvalue weighted by Gasteiger charge is 2.31. The molecule has 2 rings (SSSR count). The van der Waals surface area contributed by atoms with Crippen LogP contribution in [0.2, 0.25) is 0 Å². The number of nitrogens with zero attached hydrogens (tertiary/aromatic N) is 2. The minimum atomic E-state index is -0.0499. The van der Waals surface area contributed by atoms with E-state index in [1.54, 1.807) is 11.9 Å². The number of carbonyl (C=O) groups excluding carboxylic acids is 1. The molecule has 1 aliphatic heterocycles. The maximum Gasteiger partial charge on any atom is 0.233 e. The largest absolute Gasteiger partial charge is 0.378 e. The van der Waals surface area contributed by atoms with E-state index in [1.807, 2.05) is 32.0 Å². The molecule has 1 saturated heterocycles. The molecule has 1 aliphatic rings. The van der Waals surface area contributed by atoms with Gasteiger partial charge in [0.1, 0.15) is 5.82 Å². The van der Waals surface area contributed by atoms with Gasteiger partial charge in [-0.2, -0.15) is 0 Å². The smallest absolute Gasteiger partial charge is 0.233 e. The van der Waals surface area contributed by atoms with Crippen LogP contribution in [0.4, 0.5) is 5.82 Å². The van der Waals surface area contributed by atoms with Crippen molar-refractivity contribution in [2.75, 3.05) is 18.6 Å². The molecule has 2 atom stereocenters. The minimum absolute atomic E-state index is 0.00138. The first-order chi connectivity index (χ1) is 8.59. The Labute approximate surface area is 108 Å². The second-order valence-electron chi connectivity index (χ2n) is 4.86. The highest BCUT2D eigenvalue weighted by atomic mass is 16.5. The molecule has 1 fully saturated rings. The third-order valence-corrected chi connectivity index (χ3v) is 3.47. The predicted octanol–water partition coefficient (Wildman–Crippen LogP) is 2.17. The third-order valence-electron chi connectivity index (χ3n) is 3.47. The van der Waals surface area contributed by atoms with Crippen molar-refractivity contribution in [2.24, 2.45) is 5.92 Å². The fourth-order valence-electron chi connectivity index (χ4n) is 2.32. The Balaban J connectivity index is 2.13. The van der Waals surface area contributed by atoms with Gasteiger partial charge in [0.25, 0.3) is 0 Å². The molecule has 0 N–H and O–H groups in total. The number of hydrogen-bond acceptors (Lipinski definition) is 3. The highest BCUT2D eigenvalue weighted by molar-refractivity contribution is 5.94. The standard InChI is InChI=1S/C14H20N2O2/c1-10-6-4-8-13(15-10)16(3)14(17)12-7-5-9-18-11(12)2/h4,6,8,11-12H,5,7,9H2,1-3H3/t11-,12+/m0/s1. The van der Waals surface area contributed by atoms with Crippen molar-refractivity contribution in [3.05, 3.63) is 23.9 Å². The average molecular weight is 248 g/mol. The Morgan fingerprint density at radius 2 is 2.28 bits per heavy atom. The molecule has 2 heterocycles. The van der Waals surface area contributed by atoms with E-state index in [9.17, 15) is 4.79 Å². The van der Waals surface area contributed by atoms with Crippen LogP contribution in [0.25, 0.3) is 0 Å². The summed E-state index contributed by atoms with van der Waals surface area (Å²) in [4.78, 5) is 18.4. The van der Waals surface area contributed by atoms with Gasteiger partial charge < -0.3 is 4.74 Å². The van der Waals surface area contributed by atoms with Crippen LogP contribution in [0.5, 0.6) is 0 Å². The van der Waals surface area contributed by atoms with Crippen LogP contribution >= 0.6 is 0 Å². The average Bonchev–Trinajstić information content (AvgIpc) is 2.37. The van der Waals surface area contributed by atoms with E-state index in [-0.39, 0.29) is 17.9 Å². The van der Waals surface area contributed by atoms with E-state index in [0.717, 1.165) is 25.1 Å². The van der Waals surface area contributed by atoms with Gasteiger partial charge in [-0.15, -0.1) is 0 Å². The lowest BCUT2D eigenvalue weighted by Gasteiger charge is -2.31. The molecule has 0 radical (unpaired) electrons. The molecule has 0 aromatic carbocycles. The monoisotopic (exact) mass is 248 g/mol. The maximum atomic E-state index is 12.4. The van der Waals surface area contributed by atoms with Crippen LogP contribution in [-0.2, 0) is 9.53 Å². The minimum Gasteiger partial charge on any atom is -0.378 e. The summed E-state index contributed by atoms with van der Waals surface area (Å²) in [5.74, 6) is 0.754. The van der Waals surface area contributed by atoms with Gasteiger partial charge in [-0.3, -0.25) is 9.69 Å². The fourth-order valence-corrected chi connectivity index (χ4v) is 2.32. The van der Waals surface area contributed by atoms with Crippen LogP contribution in [0.15, 0.2) is 18.2 Å². The molecule has 0 bridgehead atoms. The Bertz CT molecular complexity index is 434. The van der Waals surface area contributed by atoms with Crippen molar-refractivity contribution >= 4 is 11.7 Å². The number of pyridine rings is 1. The summed E-state index contributed by atoms with van der Waals surface area (Å²) in [5, 5.41) is 0. The van der Waals surface area contributed by atoms with E-state index in [0.29, 0.717) is 5.82 Å². The molecule has 4 heteroatoms. The number of aryl methyl sites for hydroxylation is 1. The number of rotatable bonds is 2. The lowest BCUT2D eigenvalue weighted by atomic mass is 9.94. The molecule has 1 amide bonds. The zero-order valence-electron chi connectivity index (χ0n) is 11.2. The van der Waals surface area contributed by atoms with E-state index in [1.165, 1.54) is 0 Å². The van der Waals surface area contributed by atoms with Crippen LogP contribution in [0, 0.1) is 12.8 Å². The van der Waals surface area contributed by atoms with Gasteiger partial charge in [0.2, 0.25) is 5.91 Å². The molecule has 0 unspecified atom stereocenters. The quantitative estimate of drug-likeness (QED) is 0.805. The Hall–Kier alpha value is -1.42. The van der Waals surface area contributed by atoms with Crippen LogP contribution < -0.4 is 4.90 Å². The van der Waals surface area contributed by atoms with Crippen molar-refractivity contribution in [3.8, 4) is 0 Å². The number of hydrogen-bond donors (Lipinski definition) is 0. The van der Waals surface area contributed by atoms with Gasteiger partial charge in [-0.25, -0.2) is 4.98 Å². The van der Waals surface area contributed by atoms with Gasteiger partial charge in [-0.05, 0) is 38.8 Å². The zero-order valence-corrected chi connectivity index (χ0v) is 11.2. The van der Waals surface area contributed by atoms with E-state index >= 15 is 0 Å². The van der Waals surface area contributed by atoms with Crippen molar-refractivity contribution in [2.45, 2.75) is 32.8 Å². The molecule has 4 nitrogen and oxygen atoms in total. The molecule has 98 valence electrons. The SMILES string of the molecule is Cc1cccc(N(C)C(=O)[C@@H]2CCCO[C@H]2C)n1. The summed E-state index contributed by atoms with van der Waals surface area (Å²) in [6, 6.07) is 5.70. The van der Waals surface area contributed by atoms with Crippen LogP contribution in [0.1, 0.15) is 25.5 Å². The summed E-state index contributed by atoms with van der Waals surface area (Å²) in [6.45, 7) is 4.66. The first kappa shape index (κ1) is 13.0. The van der Waals surface area contributed by atoms with Crippen molar-refractivity contribution in [1.82, 2.24) is 4.98 Å². The summed E-state index contributed by atoms with van der Waals surface area (Å²) in [7, 11) is 1.78. The maximum absolute atomic E-state index is 12.4. The van der Waals surface area contributed by atoms with Gasteiger partial charge in [-0.1, -0.05) is 6.07 Å². The third kappa shape index (κ3) is 2.70. The number of ether oxygens (including phenoxy) is 1. The Kier molecular flexibility index (Phi) is 3.97. The number of anilines is 1. The van der Waals surface area contributed by atoms with E-state index in [2.05, 4.69) is 4.98 Å². The summed E-state index contributed by atoms with van der Waals surface area (Å²) in [5.41, 5.74) is 0.917. The molecule has 0 saturated carbocycles. The summed E-state index contributed by atoms with van der Waals surface area (Å²) in [6.07, 6.45) is 1.85. The second kappa shape index (κ2) is 5.48. The number of amides is 1. The molecule has 18 heavy (non-hydrogen) atoms. The molecule has 1 aromatic rings. The first-order valence-corrected chi connectivity index (χ1v) is 6.42. The molecule has 0 spiro atoms. The van der Waals surface area contributed by atoms with Gasteiger partial charge in [0, 0.05) is 19.3 Å². The van der Waals surface area contributed by atoms with E-state index in [4.69, 9.17) is 4.74 Å². The van der Waals surface area contributed by atoms with Gasteiger partial charge in [0.15, 0.2) is 0 Å². The molecular weight excluding hydrogens is 228 g/mol. The van der Waals surface area contributed by atoms with Gasteiger partial charge >= 0.3 is 0 Å². The lowest BCUT2D eigenvalue weighted by molar-refractivity contribution is -0.130. The fraction of sp³-hybridized carbons (Fsp3) is 0.571. The van der Waals surface area contributed by atoms with E-state index < -0.39 is 0 Å². The van der Waals surface area contributed by atoms with Crippen molar-refractivity contribution in [1.29, 1.82) is 0 Å². The molecular formula is C14H20N2O2. The number of aromatic nitrogens is 1. The lowest BCUT2D eigenvalue weighted by Crippen LogP contribution is -2.41. The zero-order chi connectivity index (χ0) is 13.1. The Morgan fingerprint density at radius 1 is 1.50 bits per heavy atom. The first-order valence-electron chi connectivity index (χ1n) is 6.42. The van der Waals surface area contributed by atoms with Crippen LogP contribution in [-0.4, -0.2) is 30.6 Å². The predicted molar refractivity (Wildman–Crippen MR) is 70.5 cm³/mol.